The van der Waals surface area contributed by atoms with Crippen LogP contribution in [0.15, 0.2) is 0 Å². The van der Waals surface area contributed by atoms with Gasteiger partial charge in [0.05, 0.1) is 5.75 Å². The van der Waals surface area contributed by atoms with E-state index in [-0.39, 0.29) is 18.6 Å². The largest absolute Gasteiger partial charge is 0.475 e. The van der Waals surface area contributed by atoms with E-state index in [4.69, 9.17) is 9.47 Å². The van der Waals surface area contributed by atoms with Crippen LogP contribution in [0.3, 0.4) is 0 Å². The van der Waals surface area contributed by atoms with E-state index in [0.29, 0.717) is 18.6 Å². The van der Waals surface area contributed by atoms with Crippen molar-refractivity contribution >= 4 is 29.7 Å². The van der Waals surface area contributed by atoms with Gasteiger partial charge in [0.2, 0.25) is 0 Å². The average molecular weight is 657 g/mol. The molecule has 6 nitrogen and oxygen atoms in total. The quantitative estimate of drug-likeness (QED) is 0.0412. The number of carboxylic acid groups (broad SMARTS) is 1. The number of esters is 2. The molecule has 45 heavy (non-hydrogen) atoms. The first-order chi connectivity index (χ1) is 21.9. The standard InChI is InChI=1S/C38H72O6S/c1-4-7-9-11-13-15-17-19-21-23-25-27-29-31-35(39)43-38(37(41)42,34-45-33-6-3)44-36(40)32-30-28-26-24-22-20-18-16-14-12-10-8-5-2/h4-34H2,1-3H3,(H,41,42). The van der Waals surface area contributed by atoms with Crippen molar-refractivity contribution in [3.8, 4) is 0 Å². The second kappa shape index (κ2) is 32.7. The van der Waals surface area contributed by atoms with Gasteiger partial charge in [0.1, 0.15) is 0 Å². The summed E-state index contributed by atoms with van der Waals surface area (Å²) in [4.78, 5) is 37.7. The van der Waals surface area contributed by atoms with Crippen molar-refractivity contribution in [1.29, 1.82) is 0 Å². The van der Waals surface area contributed by atoms with Crippen LogP contribution in [0.25, 0.3) is 0 Å². The van der Waals surface area contributed by atoms with Crippen molar-refractivity contribution < 1.29 is 29.0 Å². The summed E-state index contributed by atoms with van der Waals surface area (Å²) in [6.45, 7) is 6.49. The molecule has 0 unspecified atom stereocenters. The van der Waals surface area contributed by atoms with Crippen molar-refractivity contribution in [2.75, 3.05) is 11.5 Å². The fourth-order valence-electron chi connectivity index (χ4n) is 5.62. The van der Waals surface area contributed by atoms with Crippen molar-refractivity contribution in [2.24, 2.45) is 0 Å². The summed E-state index contributed by atoms with van der Waals surface area (Å²) in [5, 5.41) is 10.0. The maximum atomic E-state index is 12.7. The molecule has 0 saturated heterocycles. The highest BCUT2D eigenvalue weighted by atomic mass is 32.2. The molecule has 0 aliphatic rings. The second-order valence-electron chi connectivity index (χ2n) is 13.0. The molecule has 0 amide bonds. The van der Waals surface area contributed by atoms with Gasteiger partial charge in [-0.2, -0.15) is 11.8 Å². The van der Waals surface area contributed by atoms with E-state index in [0.717, 1.165) is 44.9 Å². The monoisotopic (exact) mass is 657 g/mol. The van der Waals surface area contributed by atoms with Crippen molar-refractivity contribution in [1.82, 2.24) is 0 Å². The molecule has 0 rings (SSSR count). The number of hydrogen-bond acceptors (Lipinski definition) is 6. The first-order valence-corrected chi connectivity index (χ1v) is 20.3. The average Bonchev–Trinajstić information content (AvgIpc) is 3.01. The van der Waals surface area contributed by atoms with E-state index in [1.807, 2.05) is 6.92 Å². The van der Waals surface area contributed by atoms with Gasteiger partial charge in [0, 0.05) is 12.8 Å². The van der Waals surface area contributed by atoms with E-state index in [2.05, 4.69) is 13.8 Å². The molecule has 0 saturated carbocycles. The van der Waals surface area contributed by atoms with Crippen molar-refractivity contribution in [3.63, 3.8) is 0 Å². The number of carboxylic acids is 1. The first kappa shape index (κ1) is 43.8. The Morgan fingerprint density at radius 2 is 0.756 bits per heavy atom. The summed E-state index contributed by atoms with van der Waals surface area (Å²) in [5.74, 6) is -4.27. The number of carbonyl (C=O) groups is 3. The third-order valence-electron chi connectivity index (χ3n) is 8.49. The normalized spacial score (nSPS) is 11.5. The highest BCUT2D eigenvalue weighted by molar-refractivity contribution is 7.99. The van der Waals surface area contributed by atoms with Crippen LogP contribution in [0.5, 0.6) is 0 Å². The molecule has 0 radical (unpaired) electrons. The van der Waals surface area contributed by atoms with E-state index in [1.54, 1.807) is 0 Å². The molecule has 0 fully saturated rings. The van der Waals surface area contributed by atoms with Gasteiger partial charge in [-0.3, -0.25) is 9.59 Å². The zero-order valence-corrected chi connectivity index (χ0v) is 30.6. The SMILES string of the molecule is CCCCCCCCCCCCCCCC(=O)OC(CSCCC)(OC(=O)CCCCCCCCCCCCCCC)C(=O)O. The van der Waals surface area contributed by atoms with E-state index in [9.17, 15) is 19.5 Å². The van der Waals surface area contributed by atoms with Crippen molar-refractivity contribution in [2.45, 2.75) is 213 Å². The molecule has 0 spiro atoms. The Hall–Kier alpha value is -1.24. The zero-order valence-electron chi connectivity index (χ0n) is 29.8. The summed E-state index contributed by atoms with van der Waals surface area (Å²) in [6.07, 6.45) is 32.5. The molecular weight excluding hydrogens is 584 g/mol. The number of carbonyl (C=O) groups excluding carboxylic acids is 2. The minimum absolute atomic E-state index is 0.0924. The Morgan fingerprint density at radius 3 is 1.02 bits per heavy atom. The first-order valence-electron chi connectivity index (χ1n) is 19.2. The number of aliphatic carboxylic acids is 1. The minimum Gasteiger partial charge on any atom is -0.475 e. The summed E-state index contributed by atoms with van der Waals surface area (Å²) < 4.78 is 10.9. The van der Waals surface area contributed by atoms with Gasteiger partial charge in [-0.25, -0.2) is 4.79 Å². The smallest absolute Gasteiger partial charge is 0.391 e. The summed E-state index contributed by atoms with van der Waals surface area (Å²) in [5.41, 5.74) is 0. The van der Waals surface area contributed by atoms with Crippen LogP contribution in [0, 0.1) is 0 Å². The molecule has 0 aliphatic heterocycles. The predicted octanol–water partition coefficient (Wildman–Crippen LogP) is 12.0. The maximum absolute atomic E-state index is 12.7. The van der Waals surface area contributed by atoms with Gasteiger partial charge in [0.25, 0.3) is 0 Å². The topological polar surface area (TPSA) is 89.9 Å². The Bertz CT molecular complexity index is 654. The lowest BCUT2D eigenvalue weighted by Gasteiger charge is -2.28. The molecule has 0 aromatic carbocycles. The van der Waals surface area contributed by atoms with Gasteiger partial charge in [-0.05, 0) is 25.0 Å². The zero-order chi connectivity index (χ0) is 33.3. The van der Waals surface area contributed by atoms with Gasteiger partial charge >= 0.3 is 23.7 Å². The molecule has 0 atom stereocenters. The lowest BCUT2D eigenvalue weighted by atomic mass is 10.0. The fraction of sp³-hybridized carbons (Fsp3) is 0.921. The molecule has 0 aromatic rings. The van der Waals surface area contributed by atoms with Crippen LogP contribution in [0.4, 0.5) is 0 Å². The molecule has 0 bridgehead atoms. The number of hydrogen-bond donors (Lipinski definition) is 1. The van der Waals surface area contributed by atoms with Crippen LogP contribution in [-0.2, 0) is 23.9 Å². The van der Waals surface area contributed by atoms with Gasteiger partial charge in [-0.15, -0.1) is 0 Å². The Labute approximate surface area is 282 Å². The third-order valence-corrected chi connectivity index (χ3v) is 9.77. The molecule has 266 valence electrons. The van der Waals surface area contributed by atoms with Gasteiger partial charge in [-0.1, -0.05) is 175 Å². The number of unbranched alkanes of at least 4 members (excludes halogenated alkanes) is 24. The number of rotatable bonds is 35. The lowest BCUT2D eigenvalue weighted by Crippen LogP contribution is -2.49. The highest BCUT2D eigenvalue weighted by Crippen LogP contribution is 2.24. The molecular formula is C38H72O6S. The number of thioether (sulfide) groups is 1. The van der Waals surface area contributed by atoms with Crippen LogP contribution in [0.1, 0.15) is 207 Å². The van der Waals surface area contributed by atoms with Crippen LogP contribution in [0.2, 0.25) is 0 Å². The second-order valence-corrected chi connectivity index (χ2v) is 14.1. The Balaban J connectivity index is 4.28. The van der Waals surface area contributed by atoms with Gasteiger partial charge < -0.3 is 14.6 Å². The summed E-state index contributed by atoms with van der Waals surface area (Å²) in [7, 11) is 0. The number of ether oxygens (including phenoxy) is 2. The Kier molecular flexibility index (Phi) is 31.8. The highest BCUT2D eigenvalue weighted by Gasteiger charge is 2.47. The predicted molar refractivity (Wildman–Crippen MR) is 191 cm³/mol. The maximum Gasteiger partial charge on any atom is 0.391 e. The lowest BCUT2D eigenvalue weighted by molar-refractivity contribution is -0.230. The molecule has 0 aliphatic carbocycles. The van der Waals surface area contributed by atoms with E-state index in [1.165, 1.54) is 127 Å². The van der Waals surface area contributed by atoms with Gasteiger partial charge in [0.15, 0.2) is 0 Å². The molecule has 0 aromatic heterocycles. The molecule has 7 heteroatoms. The summed E-state index contributed by atoms with van der Waals surface area (Å²) >= 11 is 1.33. The minimum atomic E-state index is -2.25. The van der Waals surface area contributed by atoms with Crippen molar-refractivity contribution in [3.05, 3.63) is 0 Å². The Morgan fingerprint density at radius 1 is 0.467 bits per heavy atom. The van der Waals surface area contributed by atoms with Crippen LogP contribution >= 0.6 is 11.8 Å². The third kappa shape index (κ3) is 27.6. The van der Waals surface area contributed by atoms with E-state index >= 15 is 0 Å². The van der Waals surface area contributed by atoms with E-state index < -0.39 is 23.7 Å². The molecule has 1 N–H and O–H groups in total. The summed E-state index contributed by atoms with van der Waals surface area (Å²) in [6, 6.07) is 0. The fourth-order valence-corrected chi connectivity index (χ4v) is 6.57. The van der Waals surface area contributed by atoms with Crippen LogP contribution in [-0.4, -0.2) is 40.3 Å². The van der Waals surface area contributed by atoms with Crippen LogP contribution < -0.4 is 0 Å². The molecule has 0 heterocycles.